The highest BCUT2D eigenvalue weighted by Gasteiger charge is 2.55. The Bertz CT molecular complexity index is 686. The molecule has 1 heteroatoms. The van der Waals surface area contributed by atoms with Crippen LogP contribution in [0.5, 0.6) is 0 Å². The van der Waals surface area contributed by atoms with Crippen molar-refractivity contribution < 1.29 is 4.74 Å². The van der Waals surface area contributed by atoms with Crippen LogP contribution in [0.2, 0.25) is 0 Å². The molecule has 0 amide bonds. The van der Waals surface area contributed by atoms with Gasteiger partial charge < -0.3 is 4.74 Å². The Morgan fingerprint density at radius 3 is 2.40 bits per heavy atom. The smallest absolute Gasteiger partial charge is 0.0574 e. The van der Waals surface area contributed by atoms with E-state index in [9.17, 15) is 0 Å². The molecule has 0 aromatic heterocycles. The normalized spacial score (nSPS) is 43.5. The van der Waals surface area contributed by atoms with Gasteiger partial charge in [0.2, 0.25) is 0 Å². The fourth-order valence-electron chi connectivity index (χ4n) is 8.25. The third kappa shape index (κ3) is 3.66. The fourth-order valence-corrected chi connectivity index (χ4v) is 8.25. The van der Waals surface area contributed by atoms with Gasteiger partial charge in [-0.25, -0.2) is 0 Å². The summed E-state index contributed by atoms with van der Waals surface area (Å²) in [5, 5.41) is 0. The number of ether oxygens (including phenoxy) is 1. The van der Waals surface area contributed by atoms with Crippen LogP contribution in [0.3, 0.4) is 0 Å². The van der Waals surface area contributed by atoms with Crippen LogP contribution in [-0.2, 0) is 4.74 Å². The molecule has 4 aliphatic rings. The molecule has 0 N–H and O–H groups in total. The van der Waals surface area contributed by atoms with Gasteiger partial charge in [0, 0.05) is 7.11 Å². The van der Waals surface area contributed by atoms with Crippen molar-refractivity contribution in [2.24, 2.45) is 46.3 Å². The Morgan fingerprint density at radius 2 is 1.70 bits per heavy atom. The average molecular weight is 413 g/mol. The van der Waals surface area contributed by atoms with Gasteiger partial charge in [-0.1, -0.05) is 64.8 Å². The highest BCUT2D eigenvalue weighted by molar-refractivity contribution is 5.34. The number of rotatable bonds is 5. The summed E-state index contributed by atoms with van der Waals surface area (Å²) < 4.78 is 5.78. The largest absolute Gasteiger partial charge is 0.381 e. The van der Waals surface area contributed by atoms with E-state index < -0.39 is 0 Å². The molecule has 0 heterocycles. The molecule has 0 unspecified atom stereocenters. The van der Waals surface area contributed by atoms with Crippen molar-refractivity contribution in [1.29, 1.82) is 0 Å². The Hall–Kier alpha value is -0.560. The van der Waals surface area contributed by atoms with Gasteiger partial charge in [-0.2, -0.15) is 0 Å². The van der Waals surface area contributed by atoms with Crippen LogP contribution >= 0.6 is 0 Å². The Morgan fingerprint density at radius 1 is 0.933 bits per heavy atom. The first-order valence-electron chi connectivity index (χ1n) is 13.1. The lowest BCUT2D eigenvalue weighted by Crippen LogP contribution is -2.45. The van der Waals surface area contributed by atoms with Crippen molar-refractivity contribution >= 4 is 0 Å². The molecule has 4 rings (SSSR count). The molecule has 30 heavy (non-hydrogen) atoms. The third-order valence-corrected chi connectivity index (χ3v) is 10.8. The standard InChI is InChI=1S/C29H48O/c1-19(2)20(3)8-9-21(4)25-12-13-26-24-11-10-22-18-23(30-7)14-16-28(22,5)27(24)15-17-29(25,26)6/h8-9,19-23,25-26H,10-18H2,1-7H3/b9-8+/t20-,21+,22-,23+,25-,26-,28-,29+/m0/s1. The van der Waals surface area contributed by atoms with Gasteiger partial charge in [0.15, 0.2) is 0 Å². The SMILES string of the molecule is CO[C@@H]1CC[C@]2(C)C3=C(CC[C@H]2C1)[C@@H]1CC[C@@H]([C@H](C)/C=C/[C@H](C)C(C)C)[C@@]1(C)CC3. The molecule has 2 fully saturated rings. The zero-order valence-electron chi connectivity index (χ0n) is 21.0. The molecular weight excluding hydrogens is 364 g/mol. The van der Waals surface area contributed by atoms with Crippen molar-refractivity contribution in [3.63, 3.8) is 0 Å². The van der Waals surface area contributed by atoms with E-state index in [-0.39, 0.29) is 0 Å². The number of hydrogen-bond donors (Lipinski definition) is 0. The molecule has 4 aliphatic carbocycles. The molecule has 0 saturated heterocycles. The minimum atomic E-state index is 0.472. The van der Waals surface area contributed by atoms with E-state index in [2.05, 4.69) is 53.7 Å². The molecule has 8 atom stereocenters. The van der Waals surface area contributed by atoms with Crippen LogP contribution in [0.15, 0.2) is 23.3 Å². The van der Waals surface area contributed by atoms with Gasteiger partial charge in [0.05, 0.1) is 6.10 Å². The molecule has 1 nitrogen and oxygen atoms in total. The Labute approximate surface area is 187 Å². The first-order chi connectivity index (χ1) is 14.2. The second kappa shape index (κ2) is 8.42. The zero-order valence-corrected chi connectivity index (χ0v) is 21.0. The second-order valence-corrected chi connectivity index (χ2v) is 12.4. The summed E-state index contributed by atoms with van der Waals surface area (Å²) in [6, 6.07) is 0. The summed E-state index contributed by atoms with van der Waals surface area (Å²) in [4.78, 5) is 0. The maximum Gasteiger partial charge on any atom is 0.0574 e. The van der Waals surface area contributed by atoms with Gasteiger partial charge in [-0.3, -0.25) is 0 Å². The van der Waals surface area contributed by atoms with Crippen LogP contribution in [0, 0.1) is 46.3 Å². The Balaban J connectivity index is 1.55. The second-order valence-electron chi connectivity index (χ2n) is 12.4. The van der Waals surface area contributed by atoms with Crippen LogP contribution in [-0.4, -0.2) is 13.2 Å². The lowest BCUT2D eigenvalue weighted by Gasteiger charge is -2.55. The van der Waals surface area contributed by atoms with E-state index in [0.29, 0.717) is 28.8 Å². The molecule has 2 saturated carbocycles. The van der Waals surface area contributed by atoms with Crippen molar-refractivity contribution in [1.82, 2.24) is 0 Å². The van der Waals surface area contributed by atoms with Gasteiger partial charge >= 0.3 is 0 Å². The fraction of sp³-hybridized carbons (Fsp3) is 0.862. The molecular formula is C29H48O. The van der Waals surface area contributed by atoms with Crippen LogP contribution in [0.25, 0.3) is 0 Å². The highest BCUT2D eigenvalue weighted by atomic mass is 16.5. The number of methoxy groups -OCH3 is 1. The average Bonchev–Trinajstić information content (AvgIpc) is 3.08. The van der Waals surface area contributed by atoms with Gasteiger partial charge in [-0.05, 0) is 104 Å². The zero-order chi connectivity index (χ0) is 21.7. The quantitative estimate of drug-likeness (QED) is 0.413. The summed E-state index contributed by atoms with van der Waals surface area (Å²) in [6.07, 6.45) is 18.0. The Kier molecular flexibility index (Phi) is 6.35. The van der Waals surface area contributed by atoms with Crippen molar-refractivity contribution in [2.45, 2.75) is 105 Å². The minimum Gasteiger partial charge on any atom is -0.381 e. The molecule has 0 aromatic carbocycles. The van der Waals surface area contributed by atoms with E-state index in [1.807, 2.05) is 18.3 Å². The van der Waals surface area contributed by atoms with E-state index in [1.54, 1.807) is 0 Å². The van der Waals surface area contributed by atoms with Crippen LogP contribution in [0.4, 0.5) is 0 Å². The molecule has 0 aromatic rings. The predicted octanol–water partition coefficient (Wildman–Crippen LogP) is 8.21. The van der Waals surface area contributed by atoms with Crippen molar-refractivity contribution in [3.8, 4) is 0 Å². The first kappa shape index (κ1) is 22.6. The summed E-state index contributed by atoms with van der Waals surface area (Å²) >= 11 is 0. The third-order valence-electron chi connectivity index (χ3n) is 10.8. The van der Waals surface area contributed by atoms with Gasteiger partial charge in [-0.15, -0.1) is 0 Å². The van der Waals surface area contributed by atoms with E-state index in [0.717, 1.165) is 23.7 Å². The first-order valence-corrected chi connectivity index (χ1v) is 13.1. The lowest BCUT2D eigenvalue weighted by molar-refractivity contribution is -0.00885. The monoisotopic (exact) mass is 412 g/mol. The topological polar surface area (TPSA) is 9.23 Å². The van der Waals surface area contributed by atoms with E-state index in [4.69, 9.17) is 4.74 Å². The highest BCUT2D eigenvalue weighted by Crippen LogP contribution is 2.65. The van der Waals surface area contributed by atoms with E-state index >= 15 is 0 Å². The summed E-state index contributed by atoms with van der Waals surface area (Å²) in [5.74, 6) is 4.73. The van der Waals surface area contributed by atoms with Crippen LogP contribution in [0.1, 0.15) is 99.3 Å². The van der Waals surface area contributed by atoms with Gasteiger partial charge in [0.25, 0.3) is 0 Å². The summed E-state index contributed by atoms with van der Waals surface area (Å²) in [7, 11) is 1.92. The maximum absolute atomic E-state index is 5.78. The molecule has 0 bridgehead atoms. The van der Waals surface area contributed by atoms with Crippen LogP contribution < -0.4 is 0 Å². The minimum absolute atomic E-state index is 0.472. The lowest BCUT2D eigenvalue weighted by atomic mass is 9.50. The molecule has 0 aliphatic heterocycles. The summed E-state index contributed by atoms with van der Waals surface area (Å²) in [6.45, 7) is 14.9. The molecule has 0 spiro atoms. The van der Waals surface area contributed by atoms with Gasteiger partial charge in [0.1, 0.15) is 0 Å². The molecule has 170 valence electrons. The predicted molar refractivity (Wildman–Crippen MR) is 128 cm³/mol. The maximum atomic E-state index is 5.78. The van der Waals surface area contributed by atoms with Crippen molar-refractivity contribution in [3.05, 3.63) is 23.3 Å². The number of fused-ring (bicyclic) bond motifs is 4. The summed E-state index contributed by atoms with van der Waals surface area (Å²) in [5.41, 5.74) is 4.86. The molecule has 0 radical (unpaired) electrons. The van der Waals surface area contributed by atoms with E-state index in [1.165, 1.54) is 57.8 Å². The number of allylic oxidation sites excluding steroid dienone is 4. The number of hydrogen-bond acceptors (Lipinski definition) is 1. The van der Waals surface area contributed by atoms with Crippen molar-refractivity contribution in [2.75, 3.05) is 7.11 Å².